The molecule has 0 aliphatic rings. The normalized spacial score (nSPS) is 12.7. The van der Waals surface area contributed by atoms with Gasteiger partial charge in [0.2, 0.25) is 0 Å². The monoisotopic (exact) mass is 359 g/mol. The average molecular weight is 359 g/mol. The van der Waals surface area contributed by atoms with Crippen molar-refractivity contribution in [2.24, 2.45) is 0 Å². The van der Waals surface area contributed by atoms with Gasteiger partial charge < -0.3 is 4.57 Å². The number of carbonyl (C=O) groups is 1. The second-order valence-corrected chi connectivity index (χ2v) is 8.17. The van der Waals surface area contributed by atoms with E-state index in [-0.39, 0.29) is 23.7 Å². The van der Waals surface area contributed by atoms with E-state index in [0.717, 1.165) is 11.0 Å². The highest BCUT2D eigenvalue weighted by Gasteiger charge is 2.17. The van der Waals surface area contributed by atoms with E-state index in [2.05, 4.69) is 63.0 Å². The summed E-state index contributed by atoms with van der Waals surface area (Å²) in [7, 11) is 0. The second kappa shape index (κ2) is 7.36. The summed E-state index contributed by atoms with van der Waals surface area (Å²) in [4.78, 5) is 16.9. The Morgan fingerprint density at radius 3 is 2.52 bits per heavy atom. The third-order valence-electron chi connectivity index (χ3n) is 4.98. The lowest BCUT2D eigenvalue weighted by molar-refractivity contribution is -0.119. The summed E-state index contributed by atoms with van der Waals surface area (Å²) in [5.41, 5.74) is 4.61. The van der Waals surface area contributed by atoms with Crippen molar-refractivity contribution in [1.29, 1.82) is 5.26 Å². The van der Waals surface area contributed by atoms with Crippen molar-refractivity contribution in [3.63, 3.8) is 0 Å². The quantitative estimate of drug-likeness (QED) is 0.646. The van der Waals surface area contributed by atoms with Crippen molar-refractivity contribution in [3.8, 4) is 6.07 Å². The number of fused-ring (bicyclic) bond motifs is 1. The molecule has 0 bridgehead atoms. The van der Waals surface area contributed by atoms with Gasteiger partial charge in [-0.05, 0) is 34.6 Å². The molecule has 1 aromatic heterocycles. The van der Waals surface area contributed by atoms with E-state index in [9.17, 15) is 10.1 Å². The fourth-order valence-electron chi connectivity index (χ4n) is 3.36. The zero-order valence-corrected chi connectivity index (χ0v) is 16.4. The van der Waals surface area contributed by atoms with Crippen LogP contribution in [-0.4, -0.2) is 15.3 Å². The van der Waals surface area contributed by atoms with E-state index in [4.69, 9.17) is 0 Å². The van der Waals surface area contributed by atoms with Gasteiger partial charge in [0, 0.05) is 6.42 Å². The number of imidazole rings is 1. The number of hydrogen-bond donors (Lipinski definition) is 0. The minimum atomic E-state index is 0.124. The van der Waals surface area contributed by atoms with Crippen LogP contribution in [-0.2, 0) is 16.8 Å². The molecule has 0 saturated heterocycles. The Bertz CT molecular complexity index is 1000. The number of nitriles is 1. The molecule has 3 aromatic rings. The molecule has 0 radical (unpaired) electrons. The molecule has 0 saturated carbocycles. The summed E-state index contributed by atoms with van der Waals surface area (Å²) >= 11 is 0. The van der Waals surface area contributed by atoms with Crippen molar-refractivity contribution in [3.05, 3.63) is 65.5 Å². The van der Waals surface area contributed by atoms with Crippen LogP contribution in [0, 0.1) is 11.3 Å². The van der Waals surface area contributed by atoms with Crippen LogP contribution in [0.2, 0.25) is 0 Å². The Labute approximate surface area is 160 Å². The number of hydrogen-bond acceptors (Lipinski definition) is 3. The zero-order valence-electron chi connectivity index (χ0n) is 16.4. The SMILES string of the molecule is C[C@H](CC(=O)Cn1cnc2cccc(C#N)c21)c1ccc(C(C)(C)C)cc1. The van der Waals surface area contributed by atoms with Gasteiger partial charge in [0.25, 0.3) is 0 Å². The van der Waals surface area contributed by atoms with Crippen LogP contribution < -0.4 is 0 Å². The maximum atomic E-state index is 12.6. The molecule has 0 unspecified atom stereocenters. The molecule has 4 heteroatoms. The molecule has 2 aromatic carbocycles. The Kier molecular flexibility index (Phi) is 5.14. The molecule has 3 rings (SSSR count). The Morgan fingerprint density at radius 2 is 1.89 bits per heavy atom. The molecule has 138 valence electrons. The van der Waals surface area contributed by atoms with Crippen LogP contribution in [0.25, 0.3) is 11.0 Å². The van der Waals surface area contributed by atoms with Gasteiger partial charge in [0.1, 0.15) is 6.07 Å². The van der Waals surface area contributed by atoms with Crippen LogP contribution in [0.5, 0.6) is 0 Å². The summed E-state index contributed by atoms with van der Waals surface area (Å²) in [6.45, 7) is 8.90. The average Bonchev–Trinajstić information content (AvgIpc) is 3.04. The highest BCUT2D eigenvalue weighted by molar-refractivity contribution is 5.85. The number of benzene rings is 2. The van der Waals surface area contributed by atoms with Crippen molar-refractivity contribution in [1.82, 2.24) is 9.55 Å². The molecule has 0 N–H and O–H groups in total. The highest BCUT2D eigenvalue weighted by atomic mass is 16.1. The lowest BCUT2D eigenvalue weighted by atomic mass is 9.85. The van der Waals surface area contributed by atoms with E-state index < -0.39 is 0 Å². The van der Waals surface area contributed by atoms with Gasteiger partial charge in [-0.2, -0.15) is 5.26 Å². The molecule has 4 nitrogen and oxygen atoms in total. The number of ketones is 1. The van der Waals surface area contributed by atoms with Gasteiger partial charge in [-0.3, -0.25) is 4.79 Å². The maximum Gasteiger partial charge on any atom is 0.153 e. The standard InChI is InChI=1S/C23H25N3O/c1-16(17-8-10-19(11-9-17)23(2,3)4)12-20(27)14-26-15-25-21-7-5-6-18(13-24)22(21)26/h5-11,15-16H,12,14H2,1-4H3/t16-/m1/s1. The second-order valence-electron chi connectivity index (χ2n) is 8.17. The molecular formula is C23H25N3O. The van der Waals surface area contributed by atoms with E-state index in [1.54, 1.807) is 17.0 Å². The fourth-order valence-corrected chi connectivity index (χ4v) is 3.36. The van der Waals surface area contributed by atoms with Crippen molar-refractivity contribution >= 4 is 16.8 Å². The maximum absolute atomic E-state index is 12.6. The van der Waals surface area contributed by atoms with E-state index in [1.165, 1.54) is 11.1 Å². The molecule has 0 fully saturated rings. The Morgan fingerprint density at radius 1 is 1.19 bits per heavy atom. The third-order valence-corrected chi connectivity index (χ3v) is 4.98. The minimum Gasteiger partial charge on any atom is -0.322 e. The third kappa shape index (κ3) is 4.09. The summed E-state index contributed by atoms with van der Waals surface area (Å²) in [5, 5.41) is 9.31. The lowest BCUT2D eigenvalue weighted by Crippen LogP contribution is -2.13. The number of rotatable bonds is 5. The number of nitrogens with zero attached hydrogens (tertiary/aromatic N) is 3. The summed E-state index contributed by atoms with van der Waals surface area (Å²) < 4.78 is 1.78. The topological polar surface area (TPSA) is 58.7 Å². The summed E-state index contributed by atoms with van der Waals surface area (Å²) in [5.74, 6) is 0.284. The number of para-hydroxylation sites is 1. The molecular weight excluding hydrogens is 334 g/mol. The van der Waals surface area contributed by atoms with E-state index in [1.807, 2.05) is 12.1 Å². The Hall–Kier alpha value is -2.93. The summed E-state index contributed by atoms with van der Waals surface area (Å²) in [6, 6.07) is 16.2. The zero-order chi connectivity index (χ0) is 19.6. The van der Waals surface area contributed by atoms with Gasteiger partial charge in [-0.25, -0.2) is 4.98 Å². The molecule has 0 amide bonds. The molecule has 0 aliphatic carbocycles. The predicted molar refractivity (Wildman–Crippen MR) is 108 cm³/mol. The van der Waals surface area contributed by atoms with E-state index >= 15 is 0 Å². The molecule has 0 spiro atoms. The van der Waals surface area contributed by atoms with Crippen LogP contribution in [0.3, 0.4) is 0 Å². The molecule has 0 aliphatic heterocycles. The lowest BCUT2D eigenvalue weighted by Gasteiger charge is -2.20. The highest BCUT2D eigenvalue weighted by Crippen LogP contribution is 2.26. The van der Waals surface area contributed by atoms with Crippen LogP contribution in [0.4, 0.5) is 0 Å². The van der Waals surface area contributed by atoms with Gasteiger partial charge in [-0.15, -0.1) is 0 Å². The predicted octanol–water partition coefficient (Wildman–Crippen LogP) is 4.97. The van der Waals surface area contributed by atoms with Crippen molar-refractivity contribution in [2.45, 2.75) is 52.0 Å². The van der Waals surface area contributed by atoms with Crippen LogP contribution >= 0.6 is 0 Å². The van der Waals surface area contributed by atoms with Crippen LogP contribution in [0.15, 0.2) is 48.8 Å². The van der Waals surface area contributed by atoms with Crippen molar-refractivity contribution in [2.75, 3.05) is 0 Å². The summed E-state index contributed by atoms with van der Waals surface area (Å²) in [6.07, 6.45) is 2.11. The van der Waals surface area contributed by atoms with Gasteiger partial charge in [0.15, 0.2) is 5.78 Å². The van der Waals surface area contributed by atoms with Gasteiger partial charge in [0.05, 0.1) is 29.5 Å². The Balaban J connectivity index is 1.72. The fraction of sp³-hybridized carbons (Fsp3) is 0.348. The van der Waals surface area contributed by atoms with Crippen LogP contribution in [0.1, 0.15) is 56.7 Å². The molecule has 27 heavy (non-hydrogen) atoms. The first-order valence-corrected chi connectivity index (χ1v) is 9.25. The largest absolute Gasteiger partial charge is 0.322 e. The molecule has 1 heterocycles. The first-order valence-electron chi connectivity index (χ1n) is 9.25. The molecule has 1 atom stereocenters. The first kappa shape index (κ1) is 18.8. The van der Waals surface area contributed by atoms with Gasteiger partial charge in [-0.1, -0.05) is 58.0 Å². The number of aromatic nitrogens is 2. The smallest absolute Gasteiger partial charge is 0.153 e. The minimum absolute atomic E-state index is 0.124. The number of carbonyl (C=O) groups excluding carboxylic acids is 1. The first-order chi connectivity index (χ1) is 12.8. The van der Waals surface area contributed by atoms with Gasteiger partial charge >= 0.3 is 0 Å². The van der Waals surface area contributed by atoms with Crippen molar-refractivity contribution < 1.29 is 4.79 Å². The number of Topliss-reactive ketones (excluding diaryl/α,β-unsaturated/α-hetero) is 1. The van der Waals surface area contributed by atoms with E-state index in [0.29, 0.717) is 12.0 Å².